The summed E-state index contributed by atoms with van der Waals surface area (Å²) in [5.74, 6) is 1.76. The van der Waals surface area contributed by atoms with Gasteiger partial charge in [0.25, 0.3) is 0 Å². The lowest BCUT2D eigenvalue weighted by Gasteiger charge is -2.12. The number of ether oxygens (including phenoxy) is 2. The Morgan fingerprint density at radius 2 is 1.47 bits per heavy atom. The number of fused-ring (bicyclic) bond motifs is 1. The predicted octanol–water partition coefficient (Wildman–Crippen LogP) is 6.42. The summed E-state index contributed by atoms with van der Waals surface area (Å²) in [4.78, 5) is 11.7. The highest BCUT2D eigenvalue weighted by Crippen LogP contribution is 2.25. The molecule has 0 saturated carbocycles. The van der Waals surface area contributed by atoms with Crippen molar-refractivity contribution in [2.75, 3.05) is 19.8 Å². The minimum Gasteiger partial charge on any atom is -0.490 e. The molecule has 0 saturated heterocycles. The van der Waals surface area contributed by atoms with Gasteiger partial charge in [-0.1, -0.05) is 73.7 Å². The number of rotatable bonds is 11. The van der Waals surface area contributed by atoms with Crippen LogP contribution in [0.5, 0.6) is 11.5 Å². The lowest BCUT2D eigenvalue weighted by molar-refractivity contribution is -0.121. The molecule has 0 heterocycles. The first-order chi connectivity index (χ1) is 16.7. The number of hydrogen-bond acceptors (Lipinski definition) is 3. The standard InChI is InChI=1S/C30H31NO3/c1-2-7-30(32)31-19-18-26-11-6-10-25-14-17-28(22-29(25)26)34-21-20-33-27-15-12-24(13-16-27)23-8-4-3-5-9-23/h3-6,8-17,22H,2,7,18-21H2,1H3,(H,31,32). The molecule has 0 aliphatic rings. The molecule has 174 valence electrons. The average Bonchev–Trinajstić information content (AvgIpc) is 2.88. The van der Waals surface area contributed by atoms with Gasteiger partial charge in [-0.25, -0.2) is 0 Å². The van der Waals surface area contributed by atoms with Gasteiger partial charge in [0, 0.05) is 13.0 Å². The van der Waals surface area contributed by atoms with Crippen molar-refractivity contribution in [1.82, 2.24) is 5.32 Å². The van der Waals surface area contributed by atoms with Gasteiger partial charge in [-0.3, -0.25) is 4.79 Å². The van der Waals surface area contributed by atoms with Crippen LogP contribution < -0.4 is 14.8 Å². The summed E-state index contributed by atoms with van der Waals surface area (Å²) in [7, 11) is 0. The lowest BCUT2D eigenvalue weighted by atomic mass is 10.0. The maximum Gasteiger partial charge on any atom is 0.219 e. The third-order valence-electron chi connectivity index (χ3n) is 5.72. The highest BCUT2D eigenvalue weighted by atomic mass is 16.5. The van der Waals surface area contributed by atoms with Crippen LogP contribution in [0.3, 0.4) is 0 Å². The molecule has 0 fully saturated rings. The number of amides is 1. The fourth-order valence-corrected chi connectivity index (χ4v) is 3.97. The van der Waals surface area contributed by atoms with Gasteiger partial charge in [0.15, 0.2) is 0 Å². The fraction of sp³-hybridized carbons (Fsp3) is 0.233. The van der Waals surface area contributed by atoms with Crippen LogP contribution in [0.15, 0.2) is 91.0 Å². The molecule has 0 unspecified atom stereocenters. The van der Waals surface area contributed by atoms with Crippen molar-refractivity contribution < 1.29 is 14.3 Å². The van der Waals surface area contributed by atoms with Crippen LogP contribution in [0.4, 0.5) is 0 Å². The number of hydrogen-bond donors (Lipinski definition) is 1. The first-order valence-corrected chi connectivity index (χ1v) is 11.9. The Bertz CT molecular complexity index is 1200. The Morgan fingerprint density at radius 1 is 0.765 bits per heavy atom. The van der Waals surface area contributed by atoms with E-state index >= 15 is 0 Å². The minimum absolute atomic E-state index is 0.112. The molecular weight excluding hydrogens is 422 g/mol. The number of nitrogens with one attached hydrogen (secondary N) is 1. The molecule has 4 aromatic carbocycles. The second-order valence-electron chi connectivity index (χ2n) is 8.24. The van der Waals surface area contributed by atoms with Gasteiger partial charge in [0.05, 0.1) is 0 Å². The van der Waals surface area contributed by atoms with Gasteiger partial charge < -0.3 is 14.8 Å². The predicted molar refractivity (Wildman–Crippen MR) is 138 cm³/mol. The van der Waals surface area contributed by atoms with Crippen molar-refractivity contribution >= 4 is 16.7 Å². The summed E-state index contributed by atoms with van der Waals surface area (Å²) in [6.45, 7) is 3.58. The summed E-state index contributed by atoms with van der Waals surface area (Å²) in [6, 6.07) is 30.8. The monoisotopic (exact) mass is 453 g/mol. The number of benzene rings is 4. The van der Waals surface area contributed by atoms with Gasteiger partial charge in [0.2, 0.25) is 5.91 Å². The van der Waals surface area contributed by atoms with E-state index in [0.717, 1.165) is 29.7 Å². The van der Waals surface area contributed by atoms with Crippen LogP contribution in [0.1, 0.15) is 25.3 Å². The quantitative estimate of drug-likeness (QED) is 0.267. The average molecular weight is 454 g/mol. The molecule has 0 radical (unpaired) electrons. The van der Waals surface area contributed by atoms with Gasteiger partial charge >= 0.3 is 0 Å². The van der Waals surface area contributed by atoms with Crippen LogP contribution in [-0.4, -0.2) is 25.7 Å². The fourth-order valence-electron chi connectivity index (χ4n) is 3.97. The number of carbonyl (C=O) groups is 1. The molecule has 4 rings (SSSR count). The summed E-state index contributed by atoms with van der Waals surface area (Å²) in [6.07, 6.45) is 2.23. The SMILES string of the molecule is CCCC(=O)NCCc1cccc2ccc(OCCOc3ccc(-c4ccccc4)cc3)cc12. The highest BCUT2D eigenvalue weighted by Gasteiger charge is 2.05. The highest BCUT2D eigenvalue weighted by molar-refractivity contribution is 5.87. The van der Waals surface area contributed by atoms with Crippen molar-refractivity contribution in [3.63, 3.8) is 0 Å². The molecule has 4 nitrogen and oxygen atoms in total. The second-order valence-corrected chi connectivity index (χ2v) is 8.24. The van der Waals surface area contributed by atoms with E-state index in [9.17, 15) is 4.79 Å². The molecule has 0 aromatic heterocycles. The van der Waals surface area contributed by atoms with Crippen LogP contribution in [0, 0.1) is 0 Å². The Morgan fingerprint density at radius 3 is 2.24 bits per heavy atom. The van der Waals surface area contributed by atoms with Crippen molar-refractivity contribution in [2.45, 2.75) is 26.2 Å². The molecule has 4 aromatic rings. The van der Waals surface area contributed by atoms with Crippen LogP contribution in [0.25, 0.3) is 21.9 Å². The third-order valence-corrected chi connectivity index (χ3v) is 5.72. The normalized spacial score (nSPS) is 10.7. The Kier molecular flexibility index (Phi) is 8.18. The molecule has 0 spiro atoms. The topological polar surface area (TPSA) is 47.6 Å². The van der Waals surface area contributed by atoms with E-state index in [1.807, 2.05) is 43.3 Å². The first-order valence-electron chi connectivity index (χ1n) is 11.9. The maximum atomic E-state index is 11.7. The molecule has 0 bridgehead atoms. The number of carbonyl (C=O) groups excluding carboxylic acids is 1. The van der Waals surface area contributed by atoms with Gasteiger partial charge in [-0.2, -0.15) is 0 Å². The van der Waals surface area contributed by atoms with E-state index in [-0.39, 0.29) is 5.91 Å². The summed E-state index contributed by atoms with van der Waals surface area (Å²) in [5, 5.41) is 5.32. The Labute approximate surface area is 201 Å². The van der Waals surface area contributed by atoms with E-state index in [2.05, 4.69) is 59.9 Å². The lowest BCUT2D eigenvalue weighted by Crippen LogP contribution is -2.25. The van der Waals surface area contributed by atoms with E-state index in [1.165, 1.54) is 22.1 Å². The molecule has 1 amide bonds. The molecule has 34 heavy (non-hydrogen) atoms. The van der Waals surface area contributed by atoms with Crippen molar-refractivity contribution in [3.8, 4) is 22.6 Å². The molecule has 0 aliphatic carbocycles. The zero-order valence-corrected chi connectivity index (χ0v) is 19.6. The first kappa shape index (κ1) is 23.4. The summed E-state index contributed by atoms with van der Waals surface area (Å²) in [5.41, 5.74) is 3.56. The minimum atomic E-state index is 0.112. The Hall–Kier alpha value is -3.79. The van der Waals surface area contributed by atoms with Crippen LogP contribution >= 0.6 is 0 Å². The van der Waals surface area contributed by atoms with Gasteiger partial charge in [-0.15, -0.1) is 0 Å². The molecule has 1 N–H and O–H groups in total. The summed E-state index contributed by atoms with van der Waals surface area (Å²) >= 11 is 0. The second kappa shape index (κ2) is 11.9. The van der Waals surface area contributed by atoms with E-state index in [1.54, 1.807) is 0 Å². The summed E-state index contributed by atoms with van der Waals surface area (Å²) < 4.78 is 11.8. The third kappa shape index (κ3) is 6.38. The van der Waals surface area contributed by atoms with Crippen molar-refractivity contribution in [2.24, 2.45) is 0 Å². The zero-order chi connectivity index (χ0) is 23.6. The van der Waals surface area contributed by atoms with Gasteiger partial charge in [-0.05, 0) is 64.6 Å². The molecule has 0 aliphatic heterocycles. The van der Waals surface area contributed by atoms with Crippen LogP contribution in [-0.2, 0) is 11.2 Å². The molecular formula is C30H31NO3. The largest absolute Gasteiger partial charge is 0.490 e. The van der Waals surface area contributed by atoms with E-state index in [0.29, 0.717) is 26.2 Å². The van der Waals surface area contributed by atoms with Crippen molar-refractivity contribution in [1.29, 1.82) is 0 Å². The van der Waals surface area contributed by atoms with E-state index in [4.69, 9.17) is 9.47 Å². The molecule has 4 heteroatoms. The zero-order valence-electron chi connectivity index (χ0n) is 19.6. The van der Waals surface area contributed by atoms with Gasteiger partial charge in [0.1, 0.15) is 24.7 Å². The van der Waals surface area contributed by atoms with Crippen LogP contribution in [0.2, 0.25) is 0 Å². The Balaban J connectivity index is 1.30. The smallest absolute Gasteiger partial charge is 0.219 e. The maximum absolute atomic E-state index is 11.7. The molecule has 0 atom stereocenters. The van der Waals surface area contributed by atoms with Crippen molar-refractivity contribution in [3.05, 3.63) is 96.6 Å². The van der Waals surface area contributed by atoms with E-state index < -0.39 is 0 Å².